The van der Waals surface area contributed by atoms with Crippen LogP contribution in [0, 0.1) is 0 Å². The lowest BCUT2D eigenvalue weighted by Gasteiger charge is -1.94. The second-order valence-electron chi connectivity index (χ2n) is 2.06. The zero-order chi connectivity index (χ0) is 8.53. The molecule has 0 aromatic heterocycles. The lowest BCUT2D eigenvalue weighted by molar-refractivity contribution is -0.139. The molecule has 0 aliphatic carbocycles. The van der Waals surface area contributed by atoms with E-state index in [2.05, 4.69) is 11.0 Å². The predicted molar refractivity (Wildman–Crippen MR) is 48.8 cm³/mol. The van der Waals surface area contributed by atoms with Gasteiger partial charge in [0.25, 0.3) is 0 Å². The van der Waals surface area contributed by atoms with E-state index in [1.54, 1.807) is 11.8 Å². The summed E-state index contributed by atoms with van der Waals surface area (Å²) in [4.78, 5) is 10.3. The van der Waals surface area contributed by atoms with Crippen LogP contribution in [0.2, 0.25) is 0 Å². The number of carbonyl (C=O) groups excluding carboxylic acids is 1. The molecule has 0 aliphatic rings. The molecule has 0 atom stereocenters. The highest BCUT2D eigenvalue weighted by molar-refractivity contribution is 7.98. The van der Waals surface area contributed by atoms with Crippen LogP contribution in [0.1, 0.15) is 13.3 Å². The summed E-state index contributed by atoms with van der Waals surface area (Å²) in [6.45, 7) is 1.82. The highest BCUT2D eigenvalue weighted by atomic mass is 32.2. The van der Waals surface area contributed by atoms with Gasteiger partial charge < -0.3 is 4.74 Å². The van der Waals surface area contributed by atoms with Crippen LogP contribution in [-0.4, -0.2) is 24.6 Å². The summed E-state index contributed by atoms with van der Waals surface area (Å²) >= 11 is 1.81. The van der Waals surface area contributed by atoms with Gasteiger partial charge >= 0.3 is 5.97 Å². The molecule has 3 heteroatoms. The molecule has 0 aromatic rings. The van der Waals surface area contributed by atoms with Gasteiger partial charge in [-0.2, -0.15) is 11.8 Å². The summed E-state index contributed by atoms with van der Waals surface area (Å²) in [5, 5.41) is 0. The molecule has 0 radical (unpaired) electrons. The molecule has 0 bridgehead atoms. The van der Waals surface area contributed by atoms with Crippen LogP contribution in [0.15, 0.2) is 12.2 Å². The van der Waals surface area contributed by atoms with Crippen LogP contribution in [0.3, 0.4) is 0 Å². The number of allylic oxidation sites excluding steroid dienone is 1. The molecule has 2 nitrogen and oxygen atoms in total. The van der Waals surface area contributed by atoms with E-state index in [1.807, 2.05) is 12.2 Å². The number of hydrogen-bond donors (Lipinski definition) is 0. The number of rotatable bonds is 5. The van der Waals surface area contributed by atoms with E-state index in [4.69, 9.17) is 0 Å². The van der Waals surface area contributed by atoms with E-state index in [1.165, 1.54) is 6.92 Å². The van der Waals surface area contributed by atoms with Crippen molar-refractivity contribution >= 4 is 17.7 Å². The Morgan fingerprint density at radius 3 is 2.82 bits per heavy atom. The summed E-state index contributed by atoms with van der Waals surface area (Å²) in [7, 11) is 0. The highest BCUT2D eigenvalue weighted by Crippen LogP contribution is 1.95. The molecule has 0 saturated heterocycles. The third kappa shape index (κ3) is 9.56. The van der Waals surface area contributed by atoms with Crippen LogP contribution in [0.25, 0.3) is 0 Å². The number of esters is 1. The van der Waals surface area contributed by atoms with Gasteiger partial charge in [0, 0.05) is 6.92 Å². The molecule has 0 heterocycles. The fraction of sp³-hybridized carbons (Fsp3) is 0.625. The van der Waals surface area contributed by atoms with E-state index in [0.717, 1.165) is 12.2 Å². The first-order chi connectivity index (χ1) is 5.27. The fourth-order valence-corrected chi connectivity index (χ4v) is 0.909. The van der Waals surface area contributed by atoms with Gasteiger partial charge in [0.05, 0.1) is 0 Å². The Labute approximate surface area is 72.0 Å². The lowest BCUT2D eigenvalue weighted by Crippen LogP contribution is -1.97. The van der Waals surface area contributed by atoms with E-state index < -0.39 is 0 Å². The van der Waals surface area contributed by atoms with Crippen molar-refractivity contribution in [1.29, 1.82) is 0 Å². The third-order valence-corrected chi connectivity index (χ3v) is 1.68. The van der Waals surface area contributed by atoms with E-state index in [-0.39, 0.29) is 5.97 Å². The Morgan fingerprint density at radius 1 is 1.55 bits per heavy atom. The number of hydrogen-bond acceptors (Lipinski definition) is 3. The molecule has 64 valence electrons. The standard InChI is InChI=1S/C8H14O2S/c1-8(9)10-6-4-3-5-7-11-2/h3-4H,5-7H2,1-2H3/b4-3+. The first-order valence-electron chi connectivity index (χ1n) is 3.54. The van der Waals surface area contributed by atoms with E-state index >= 15 is 0 Å². The largest absolute Gasteiger partial charge is 0.462 e. The number of carbonyl (C=O) groups is 1. The summed E-state index contributed by atoms with van der Waals surface area (Å²) in [5.41, 5.74) is 0. The van der Waals surface area contributed by atoms with Crippen LogP contribution in [0.4, 0.5) is 0 Å². The summed E-state index contributed by atoms with van der Waals surface area (Å²) in [5.74, 6) is 0.899. The number of ether oxygens (including phenoxy) is 1. The third-order valence-electron chi connectivity index (χ3n) is 1.04. The Kier molecular flexibility index (Phi) is 7.36. The Bertz CT molecular complexity index is 132. The minimum absolute atomic E-state index is 0.223. The maximum atomic E-state index is 10.3. The Morgan fingerprint density at radius 2 is 2.27 bits per heavy atom. The van der Waals surface area contributed by atoms with Crippen molar-refractivity contribution in [2.24, 2.45) is 0 Å². The highest BCUT2D eigenvalue weighted by Gasteiger charge is 1.85. The van der Waals surface area contributed by atoms with Gasteiger partial charge in [-0.1, -0.05) is 12.2 Å². The Hall–Kier alpha value is -0.440. The molecule has 0 saturated carbocycles. The van der Waals surface area contributed by atoms with Crippen molar-refractivity contribution in [3.05, 3.63) is 12.2 Å². The molecule has 0 aliphatic heterocycles. The summed E-state index contributed by atoms with van der Waals surface area (Å²) in [6, 6.07) is 0. The van der Waals surface area contributed by atoms with Gasteiger partial charge in [-0.3, -0.25) is 4.79 Å². The molecule has 0 amide bonds. The van der Waals surface area contributed by atoms with Crippen molar-refractivity contribution in [2.45, 2.75) is 13.3 Å². The fourth-order valence-electron chi connectivity index (χ4n) is 0.537. The minimum Gasteiger partial charge on any atom is -0.462 e. The summed E-state index contributed by atoms with van der Waals surface area (Å²) < 4.78 is 4.69. The second kappa shape index (κ2) is 7.66. The van der Waals surface area contributed by atoms with Gasteiger partial charge in [0.2, 0.25) is 0 Å². The predicted octanol–water partition coefficient (Wildman–Crippen LogP) is 1.86. The quantitative estimate of drug-likeness (QED) is 0.361. The SMILES string of the molecule is CSCC/C=C/COC(C)=O. The zero-order valence-corrected chi connectivity index (χ0v) is 7.82. The lowest BCUT2D eigenvalue weighted by atomic mass is 10.4. The number of thioether (sulfide) groups is 1. The van der Waals surface area contributed by atoms with Gasteiger partial charge in [-0.15, -0.1) is 0 Å². The maximum Gasteiger partial charge on any atom is 0.302 e. The molecular formula is C8H14O2S. The first-order valence-corrected chi connectivity index (χ1v) is 4.94. The topological polar surface area (TPSA) is 26.3 Å². The normalized spacial score (nSPS) is 10.4. The molecule has 0 spiro atoms. The first kappa shape index (κ1) is 10.6. The maximum absolute atomic E-state index is 10.3. The van der Waals surface area contributed by atoms with Gasteiger partial charge in [-0.05, 0) is 18.4 Å². The van der Waals surface area contributed by atoms with E-state index in [0.29, 0.717) is 6.61 Å². The van der Waals surface area contributed by atoms with Crippen LogP contribution in [-0.2, 0) is 9.53 Å². The van der Waals surface area contributed by atoms with Crippen molar-refractivity contribution in [1.82, 2.24) is 0 Å². The molecule has 0 fully saturated rings. The molecule has 0 aromatic carbocycles. The van der Waals surface area contributed by atoms with Crippen molar-refractivity contribution in [3.63, 3.8) is 0 Å². The van der Waals surface area contributed by atoms with Crippen LogP contribution < -0.4 is 0 Å². The molecule has 0 rings (SSSR count). The van der Waals surface area contributed by atoms with Crippen molar-refractivity contribution < 1.29 is 9.53 Å². The second-order valence-corrected chi connectivity index (χ2v) is 3.04. The molecule has 11 heavy (non-hydrogen) atoms. The van der Waals surface area contributed by atoms with Gasteiger partial charge in [-0.25, -0.2) is 0 Å². The molecule has 0 unspecified atom stereocenters. The Balaban J connectivity index is 3.10. The van der Waals surface area contributed by atoms with Crippen molar-refractivity contribution in [2.75, 3.05) is 18.6 Å². The van der Waals surface area contributed by atoms with Gasteiger partial charge in [0.15, 0.2) is 0 Å². The molecule has 0 N–H and O–H groups in total. The van der Waals surface area contributed by atoms with Gasteiger partial charge in [0.1, 0.15) is 6.61 Å². The van der Waals surface area contributed by atoms with E-state index in [9.17, 15) is 4.79 Å². The minimum atomic E-state index is -0.223. The average Bonchev–Trinajstić information content (AvgIpc) is 1.96. The zero-order valence-electron chi connectivity index (χ0n) is 7.00. The molecular weight excluding hydrogens is 160 g/mol. The summed E-state index contributed by atoms with van der Waals surface area (Å²) in [6.07, 6.45) is 7.01. The van der Waals surface area contributed by atoms with Crippen LogP contribution >= 0.6 is 11.8 Å². The monoisotopic (exact) mass is 174 g/mol. The average molecular weight is 174 g/mol. The smallest absolute Gasteiger partial charge is 0.302 e. The van der Waals surface area contributed by atoms with Crippen molar-refractivity contribution in [3.8, 4) is 0 Å². The van der Waals surface area contributed by atoms with Crippen LogP contribution in [0.5, 0.6) is 0 Å².